The lowest BCUT2D eigenvalue weighted by Gasteiger charge is -2.31. The van der Waals surface area contributed by atoms with Gasteiger partial charge in [0.2, 0.25) is 0 Å². The number of rotatable bonds is 13. The molecule has 0 atom stereocenters. The van der Waals surface area contributed by atoms with Crippen molar-refractivity contribution in [2.45, 2.75) is 39.3 Å². The Morgan fingerprint density at radius 3 is 2.52 bits per heavy atom. The van der Waals surface area contributed by atoms with E-state index in [1.165, 1.54) is 18.5 Å². The molecule has 1 fully saturated rings. The Labute approximate surface area is 249 Å². The van der Waals surface area contributed by atoms with Gasteiger partial charge in [0.1, 0.15) is 0 Å². The Bertz CT molecular complexity index is 1460. The molecule has 1 amide bonds. The summed E-state index contributed by atoms with van der Waals surface area (Å²) in [4.78, 5) is 22.7. The van der Waals surface area contributed by atoms with Crippen LogP contribution in [0.1, 0.15) is 41.0 Å². The van der Waals surface area contributed by atoms with Crippen molar-refractivity contribution in [3.05, 3.63) is 78.1 Å². The maximum atomic E-state index is 13.7. The third-order valence-corrected chi connectivity index (χ3v) is 8.75. The van der Waals surface area contributed by atoms with Gasteiger partial charge < -0.3 is 28.4 Å². The van der Waals surface area contributed by atoms with Crippen molar-refractivity contribution in [2.75, 3.05) is 60.7 Å². The van der Waals surface area contributed by atoms with E-state index in [0.717, 1.165) is 72.7 Å². The molecular weight excluding hydrogens is 526 g/mol. The average molecular weight is 572 g/mol. The Hall–Kier alpha value is -3.46. The molecule has 2 aromatic carbocycles. The lowest BCUT2D eigenvalue weighted by molar-refractivity contribution is 0.0745. The minimum atomic E-state index is -0.00388. The summed E-state index contributed by atoms with van der Waals surface area (Å²) in [7, 11) is 5.27. The number of fused-ring (bicyclic) bond motifs is 1. The summed E-state index contributed by atoms with van der Waals surface area (Å²) >= 11 is 0. The Balaban J connectivity index is 1.37. The fourth-order valence-electron chi connectivity index (χ4n) is 6.10. The van der Waals surface area contributed by atoms with Crippen molar-refractivity contribution in [1.82, 2.24) is 23.9 Å². The van der Waals surface area contributed by atoms with Gasteiger partial charge in [-0.1, -0.05) is 42.5 Å². The molecule has 0 unspecified atom stereocenters. The molecule has 0 radical (unpaired) electrons. The highest BCUT2D eigenvalue weighted by Crippen LogP contribution is 2.33. The first kappa shape index (κ1) is 30.0. The van der Waals surface area contributed by atoms with Crippen molar-refractivity contribution in [2.24, 2.45) is 5.92 Å². The first-order chi connectivity index (χ1) is 20.5. The van der Waals surface area contributed by atoms with Crippen LogP contribution in [0.25, 0.3) is 21.9 Å². The number of aryl methyl sites for hydroxylation is 2. The molecule has 3 heterocycles. The smallest absolute Gasteiger partial charge is 0.255 e. The van der Waals surface area contributed by atoms with Gasteiger partial charge in [0.05, 0.1) is 43.0 Å². The zero-order chi connectivity index (χ0) is 29.5. The van der Waals surface area contributed by atoms with E-state index in [9.17, 15) is 4.79 Å². The molecular formula is C34H45N5O3. The Kier molecular flexibility index (Phi) is 10.1. The van der Waals surface area contributed by atoms with E-state index >= 15 is 0 Å². The van der Waals surface area contributed by atoms with Crippen molar-refractivity contribution in [1.29, 1.82) is 0 Å². The maximum Gasteiger partial charge on any atom is 0.255 e. The number of benzene rings is 2. The second-order valence-electron chi connectivity index (χ2n) is 11.5. The number of amides is 1. The van der Waals surface area contributed by atoms with Crippen LogP contribution < -0.4 is 0 Å². The monoisotopic (exact) mass is 571 g/mol. The standard InChI is InChI=1S/C34H45N5O3/c1-26-33(39(25-35-26)17-14-27-12-15-37(16-13-27)19-21-42-4)24-38-22-31(32(23-38)34(40)36(2)18-20-41-3)30-11-7-9-28-8-5-6-10-29(28)30/h5-11,22-23,25,27H,12-21,24H2,1-4H3. The molecule has 1 aliphatic rings. The summed E-state index contributed by atoms with van der Waals surface area (Å²) in [5.74, 6) is 0.728. The third-order valence-electron chi connectivity index (χ3n) is 8.75. The van der Waals surface area contributed by atoms with Crippen molar-refractivity contribution < 1.29 is 14.3 Å². The second-order valence-corrected chi connectivity index (χ2v) is 11.5. The predicted molar refractivity (Wildman–Crippen MR) is 168 cm³/mol. The number of imidazole rings is 1. The molecule has 1 aliphatic heterocycles. The zero-order valence-electron chi connectivity index (χ0n) is 25.6. The van der Waals surface area contributed by atoms with Gasteiger partial charge in [-0.25, -0.2) is 4.98 Å². The van der Waals surface area contributed by atoms with Crippen LogP contribution in [0.15, 0.2) is 61.2 Å². The summed E-state index contributed by atoms with van der Waals surface area (Å²) in [6.07, 6.45) is 9.75. The summed E-state index contributed by atoms with van der Waals surface area (Å²) in [6, 6.07) is 14.7. The molecule has 42 heavy (non-hydrogen) atoms. The number of hydrogen-bond donors (Lipinski definition) is 0. The quantitative estimate of drug-likeness (QED) is 0.217. The molecule has 224 valence electrons. The van der Waals surface area contributed by atoms with Crippen LogP contribution in [0, 0.1) is 12.8 Å². The minimum absolute atomic E-state index is 0.00388. The lowest BCUT2D eigenvalue weighted by atomic mass is 9.93. The summed E-state index contributed by atoms with van der Waals surface area (Å²) in [5, 5.41) is 2.30. The number of piperidine rings is 1. The summed E-state index contributed by atoms with van der Waals surface area (Å²) in [5.41, 5.74) is 4.95. The highest BCUT2D eigenvalue weighted by atomic mass is 16.5. The van der Waals surface area contributed by atoms with Crippen LogP contribution in [-0.2, 0) is 22.6 Å². The van der Waals surface area contributed by atoms with Gasteiger partial charge in [0, 0.05) is 58.9 Å². The van der Waals surface area contributed by atoms with Crippen LogP contribution >= 0.6 is 0 Å². The summed E-state index contributed by atoms with van der Waals surface area (Å²) in [6.45, 7) is 8.87. The normalized spacial score (nSPS) is 14.6. The molecule has 5 rings (SSSR count). The van der Waals surface area contributed by atoms with Crippen LogP contribution in [0.3, 0.4) is 0 Å². The predicted octanol–water partition coefficient (Wildman–Crippen LogP) is 5.33. The van der Waals surface area contributed by atoms with Gasteiger partial charge in [-0.3, -0.25) is 4.79 Å². The van der Waals surface area contributed by atoms with Crippen molar-refractivity contribution in [3.8, 4) is 11.1 Å². The van der Waals surface area contributed by atoms with Gasteiger partial charge in [0.15, 0.2) is 0 Å². The highest BCUT2D eigenvalue weighted by Gasteiger charge is 2.23. The molecule has 0 N–H and O–H groups in total. The largest absolute Gasteiger partial charge is 0.383 e. The number of likely N-dealkylation sites (N-methyl/N-ethyl adjacent to an activating group) is 1. The number of likely N-dealkylation sites (tertiary alicyclic amines) is 1. The van der Waals surface area contributed by atoms with E-state index < -0.39 is 0 Å². The number of hydrogen-bond acceptors (Lipinski definition) is 5. The Morgan fingerprint density at radius 1 is 0.976 bits per heavy atom. The number of carbonyl (C=O) groups excluding carboxylic acids is 1. The molecule has 8 heteroatoms. The number of nitrogens with zero attached hydrogens (tertiary/aromatic N) is 5. The lowest BCUT2D eigenvalue weighted by Crippen LogP contribution is -2.36. The Morgan fingerprint density at radius 2 is 1.74 bits per heavy atom. The van der Waals surface area contributed by atoms with Crippen LogP contribution in [-0.4, -0.2) is 90.5 Å². The van der Waals surface area contributed by atoms with E-state index in [0.29, 0.717) is 25.3 Å². The highest BCUT2D eigenvalue weighted by molar-refractivity contribution is 6.05. The van der Waals surface area contributed by atoms with Gasteiger partial charge in [-0.05, 0) is 61.5 Å². The number of methoxy groups -OCH3 is 2. The molecule has 0 aliphatic carbocycles. The van der Waals surface area contributed by atoms with E-state index in [1.807, 2.05) is 19.6 Å². The fourth-order valence-corrected chi connectivity index (χ4v) is 6.10. The van der Waals surface area contributed by atoms with E-state index in [4.69, 9.17) is 9.47 Å². The third kappa shape index (κ3) is 6.94. The van der Waals surface area contributed by atoms with Gasteiger partial charge >= 0.3 is 0 Å². The van der Waals surface area contributed by atoms with Gasteiger partial charge in [0.25, 0.3) is 5.91 Å². The van der Waals surface area contributed by atoms with E-state index in [1.54, 1.807) is 19.1 Å². The molecule has 0 spiro atoms. The molecule has 8 nitrogen and oxygen atoms in total. The minimum Gasteiger partial charge on any atom is -0.383 e. The molecule has 0 saturated carbocycles. The number of aromatic nitrogens is 3. The maximum absolute atomic E-state index is 13.7. The van der Waals surface area contributed by atoms with Crippen LogP contribution in [0.2, 0.25) is 0 Å². The topological polar surface area (TPSA) is 64.8 Å². The average Bonchev–Trinajstić information content (AvgIpc) is 3.60. The van der Waals surface area contributed by atoms with Gasteiger partial charge in [-0.2, -0.15) is 0 Å². The van der Waals surface area contributed by atoms with E-state index in [2.05, 4.69) is 74.6 Å². The number of ether oxygens (including phenoxy) is 2. The van der Waals surface area contributed by atoms with E-state index in [-0.39, 0.29) is 5.91 Å². The molecule has 4 aromatic rings. The SMILES string of the molecule is COCCN1CCC(CCn2cnc(C)c2Cn2cc(C(=O)N(C)CCOC)c(-c3cccc4ccccc34)c2)CC1. The second kappa shape index (κ2) is 14.1. The first-order valence-electron chi connectivity index (χ1n) is 15.1. The number of carbonyl (C=O) groups is 1. The van der Waals surface area contributed by atoms with Crippen LogP contribution in [0.5, 0.6) is 0 Å². The zero-order valence-corrected chi connectivity index (χ0v) is 25.6. The summed E-state index contributed by atoms with van der Waals surface area (Å²) < 4.78 is 15.0. The molecule has 2 aromatic heterocycles. The van der Waals surface area contributed by atoms with Crippen LogP contribution in [0.4, 0.5) is 0 Å². The molecule has 0 bridgehead atoms. The molecule has 1 saturated heterocycles. The fraction of sp³-hybridized carbons (Fsp3) is 0.471. The first-order valence-corrected chi connectivity index (χ1v) is 15.1. The van der Waals surface area contributed by atoms with Crippen molar-refractivity contribution >= 4 is 16.7 Å². The van der Waals surface area contributed by atoms with Gasteiger partial charge in [-0.15, -0.1) is 0 Å². The van der Waals surface area contributed by atoms with Crippen molar-refractivity contribution in [3.63, 3.8) is 0 Å².